The van der Waals surface area contributed by atoms with Gasteiger partial charge in [-0.05, 0) is 60.5 Å². The Morgan fingerprint density at radius 2 is 0.692 bits per heavy atom. The molecule has 6 rings (SSSR count). The van der Waals surface area contributed by atoms with Crippen molar-refractivity contribution in [2.24, 2.45) is 0 Å². The average molecular weight is 630 g/mol. The van der Waals surface area contributed by atoms with Crippen molar-refractivity contribution in [3.63, 3.8) is 0 Å². The monoisotopic (exact) mass is 629 g/mol. The summed E-state index contributed by atoms with van der Waals surface area (Å²) >= 11 is 0.382. The Balaban J connectivity index is 0.000000165. The van der Waals surface area contributed by atoms with Gasteiger partial charge in [0.05, 0.1) is 0 Å². The van der Waals surface area contributed by atoms with Gasteiger partial charge in [-0.25, -0.2) is 0 Å². The van der Waals surface area contributed by atoms with Gasteiger partial charge in [0.2, 0.25) is 0 Å². The van der Waals surface area contributed by atoms with E-state index in [0.717, 1.165) is 12.8 Å². The second kappa shape index (κ2) is 16.8. The molecule has 0 nitrogen and oxygen atoms in total. The van der Waals surface area contributed by atoms with Crippen molar-refractivity contribution in [2.75, 3.05) is 0 Å². The summed E-state index contributed by atoms with van der Waals surface area (Å²) < 4.78 is 0. The van der Waals surface area contributed by atoms with E-state index in [-0.39, 0.29) is 15.8 Å². The van der Waals surface area contributed by atoms with Gasteiger partial charge in [-0.15, -0.1) is 0 Å². The van der Waals surface area contributed by atoms with Crippen LogP contribution in [-0.4, -0.2) is 0 Å². The van der Waals surface area contributed by atoms with E-state index >= 15 is 0 Å². The van der Waals surface area contributed by atoms with Crippen LogP contribution in [-0.2, 0) is 12.9 Å². The summed E-state index contributed by atoms with van der Waals surface area (Å²) in [5.41, 5.74) is 0. The Morgan fingerprint density at radius 3 is 0.897 bits per heavy atom. The Hall–Kier alpha value is -2.21. The van der Waals surface area contributed by atoms with Gasteiger partial charge < -0.3 is 0 Å². The number of halogens is 2. The van der Waals surface area contributed by atoms with Crippen molar-refractivity contribution in [1.82, 2.24) is 0 Å². The number of hydrogen-bond donors (Lipinski definition) is 0. The fraction of sp³-hybridized carbons (Fsp3) is 0.0588. The van der Waals surface area contributed by atoms with E-state index in [1.165, 1.54) is 21.2 Å². The van der Waals surface area contributed by atoms with E-state index in [0.29, 0.717) is 12.9 Å². The summed E-state index contributed by atoms with van der Waals surface area (Å²) in [5, 5.41) is 8.84. The third-order valence-corrected chi connectivity index (χ3v) is 11.2. The number of allylic oxidation sites excluding steroid dienone is 8. The van der Waals surface area contributed by atoms with E-state index in [4.69, 9.17) is 20.3 Å². The molecule has 0 saturated carbocycles. The summed E-state index contributed by atoms with van der Waals surface area (Å²) in [5.74, 6) is 0. The van der Waals surface area contributed by atoms with Crippen LogP contribution in [0.4, 0.5) is 0 Å². The van der Waals surface area contributed by atoms with Gasteiger partial charge in [-0.1, -0.05) is 158 Å². The zero-order chi connectivity index (χ0) is 27.1. The minimum atomic E-state index is -0.353. The molecule has 0 radical (unpaired) electrons. The van der Waals surface area contributed by atoms with Gasteiger partial charge in [0.15, 0.2) is 0 Å². The van der Waals surface area contributed by atoms with Crippen molar-refractivity contribution >= 4 is 57.4 Å². The molecular formula is C34H30Cl2CoP2. The Bertz CT molecular complexity index is 1200. The molecule has 2 aliphatic carbocycles. The second-order valence-corrected chi connectivity index (χ2v) is 14.9. The average Bonchev–Trinajstić information content (AvgIpc) is 3.72. The summed E-state index contributed by atoms with van der Waals surface area (Å²) in [4.78, 5) is 0. The summed E-state index contributed by atoms with van der Waals surface area (Å²) in [7, 11) is 8.76. The van der Waals surface area contributed by atoms with Crippen LogP contribution < -0.4 is 21.2 Å². The summed E-state index contributed by atoms with van der Waals surface area (Å²) in [6, 6.07) is 43.4. The van der Waals surface area contributed by atoms with E-state index in [1.807, 2.05) is 0 Å². The maximum absolute atomic E-state index is 4.73. The van der Waals surface area contributed by atoms with Crippen molar-refractivity contribution in [3.05, 3.63) is 168 Å². The van der Waals surface area contributed by atoms with E-state index in [9.17, 15) is 0 Å². The molecule has 0 aromatic heterocycles. The van der Waals surface area contributed by atoms with Gasteiger partial charge in [0.1, 0.15) is 0 Å². The molecule has 0 bridgehead atoms. The minimum absolute atomic E-state index is 0.353. The van der Waals surface area contributed by atoms with Crippen LogP contribution in [0.5, 0.6) is 0 Å². The molecule has 0 spiro atoms. The first kappa shape index (κ1) is 29.8. The molecule has 0 amide bonds. The van der Waals surface area contributed by atoms with Crippen molar-refractivity contribution in [3.8, 4) is 0 Å². The fourth-order valence-electron chi connectivity index (χ4n) is 4.47. The van der Waals surface area contributed by atoms with Crippen LogP contribution in [0, 0.1) is 0 Å². The van der Waals surface area contributed by atoms with Crippen LogP contribution in [0.25, 0.3) is 0 Å². The molecule has 0 saturated heterocycles. The van der Waals surface area contributed by atoms with E-state index in [2.05, 4.69) is 158 Å². The van der Waals surface area contributed by atoms with Crippen LogP contribution in [0.1, 0.15) is 12.8 Å². The molecule has 4 aromatic carbocycles. The Labute approximate surface area is 250 Å². The molecule has 5 heteroatoms. The molecule has 2 aliphatic rings. The van der Waals surface area contributed by atoms with E-state index < -0.39 is 0 Å². The summed E-state index contributed by atoms with van der Waals surface area (Å²) in [6.45, 7) is 0. The van der Waals surface area contributed by atoms with Crippen molar-refractivity contribution < 1.29 is 12.9 Å². The third kappa shape index (κ3) is 8.89. The number of hydrogen-bond acceptors (Lipinski definition) is 0. The molecule has 0 N–H and O–H groups in total. The Morgan fingerprint density at radius 1 is 0.436 bits per heavy atom. The molecule has 4 aromatic rings. The Kier molecular flexibility index (Phi) is 12.8. The first-order valence-corrected chi connectivity index (χ1v) is 18.2. The van der Waals surface area contributed by atoms with Crippen molar-refractivity contribution in [2.45, 2.75) is 12.8 Å². The number of rotatable bonds is 6. The van der Waals surface area contributed by atoms with Crippen LogP contribution >= 0.6 is 36.1 Å². The molecule has 0 heterocycles. The topological polar surface area (TPSA) is 0 Å². The zero-order valence-electron chi connectivity index (χ0n) is 21.4. The first-order chi connectivity index (χ1) is 19.3. The second-order valence-electron chi connectivity index (χ2n) is 8.64. The van der Waals surface area contributed by atoms with Gasteiger partial charge in [0.25, 0.3) is 0 Å². The SMILES string of the molecule is C1=CCC(P(c2ccccc2)c2ccccc2)=C1.C1=CCC(P(c2ccccc2)c2ccccc2)=C1.[Cl][Co][Cl]. The predicted octanol–water partition coefficient (Wildman–Crippen LogP) is 9.30. The van der Waals surface area contributed by atoms with E-state index in [1.54, 1.807) is 10.6 Å². The van der Waals surface area contributed by atoms with Crippen LogP contribution in [0.2, 0.25) is 0 Å². The zero-order valence-corrected chi connectivity index (χ0v) is 25.8. The normalized spacial score (nSPS) is 13.4. The van der Waals surface area contributed by atoms with Gasteiger partial charge in [0, 0.05) is 0 Å². The molecule has 39 heavy (non-hydrogen) atoms. The van der Waals surface area contributed by atoms with Gasteiger partial charge in [-0.2, -0.15) is 0 Å². The van der Waals surface area contributed by atoms with Gasteiger partial charge in [-0.3, -0.25) is 0 Å². The molecule has 0 aliphatic heterocycles. The van der Waals surface area contributed by atoms with Gasteiger partial charge >= 0.3 is 33.2 Å². The molecule has 0 fully saturated rings. The molecule has 0 atom stereocenters. The van der Waals surface area contributed by atoms with Crippen LogP contribution in [0.15, 0.2) is 168 Å². The van der Waals surface area contributed by atoms with Crippen molar-refractivity contribution in [1.29, 1.82) is 0 Å². The first-order valence-electron chi connectivity index (χ1n) is 12.7. The quantitative estimate of drug-likeness (QED) is 0.186. The van der Waals surface area contributed by atoms with Crippen LogP contribution in [0.3, 0.4) is 0 Å². The molecule has 199 valence electrons. The number of benzene rings is 4. The fourth-order valence-corrected chi connectivity index (χ4v) is 9.32. The molecular weight excluding hydrogens is 600 g/mol. The predicted molar refractivity (Wildman–Crippen MR) is 174 cm³/mol. The summed E-state index contributed by atoms with van der Waals surface area (Å²) in [6.07, 6.45) is 15.6. The maximum atomic E-state index is 4.73. The standard InChI is InChI=1S/2C17H15P.2ClH.Co/c2*1-3-9-15(10-4-1)18(17-13-7-8-14-17)16-11-5-2-6-12-16;;;/h2*1-13H,14H2;2*1H;/q;;;;+2/p-2. The molecule has 0 unspecified atom stereocenters. The third-order valence-electron chi connectivity index (χ3n) is 6.14.